The van der Waals surface area contributed by atoms with Crippen LogP contribution < -0.4 is 5.32 Å². The predicted molar refractivity (Wildman–Crippen MR) is 92.3 cm³/mol. The van der Waals surface area contributed by atoms with Crippen LogP contribution in [0.25, 0.3) is 0 Å². The third kappa shape index (κ3) is 9.53. The number of esters is 1. The van der Waals surface area contributed by atoms with Crippen LogP contribution in [0.5, 0.6) is 0 Å². The monoisotopic (exact) mass is 397 g/mol. The largest absolute Gasteiger partial charge is 0.467 e. The number of amides is 1. The minimum absolute atomic E-state index is 0.137. The summed E-state index contributed by atoms with van der Waals surface area (Å²) >= 11 is 0. The summed E-state index contributed by atoms with van der Waals surface area (Å²) in [6.07, 6.45) is 0.0974. The third-order valence-electron chi connectivity index (χ3n) is 2.91. The molecule has 0 aromatic heterocycles. The van der Waals surface area contributed by atoms with Crippen LogP contribution in [0.2, 0.25) is 0 Å². The Balaban J connectivity index is 5.33. The summed E-state index contributed by atoms with van der Waals surface area (Å²) in [7, 11) is 2.39. The van der Waals surface area contributed by atoms with Crippen LogP contribution in [0.4, 0.5) is 13.6 Å². The molecule has 0 heterocycles. The molecule has 0 radical (unpaired) electrons. The Morgan fingerprint density at radius 2 is 1.78 bits per heavy atom. The van der Waals surface area contributed by atoms with Gasteiger partial charge in [-0.2, -0.15) is 8.78 Å². The molecule has 0 saturated heterocycles. The first-order chi connectivity index (χ1) is 12.5. The lowest BCUT2D eigenvalue weighted by molar-refractivity contribution is -0.157. The van der Waals surface area contributed by atoms with Crippen molar-refractivity contribution in [2.75, 3.05) is 34.2 Å². The fourth-order valence-corrected chi connectivity index (χ4v) is 1.77. The zero-order chi connectivity index (χ0) is 21.1. The topological polar surface area (TPSA) is 92.3 Å². The molecule has 1 atom stereocenters. The first-order valence-corrected chi connectivity index (χ1v) is 8.34. The first kappa shape index (κ1) is 25.1. The van der Waals surface area contributed by atoms with Crippen molar-refractivity contribution in [2.24, 2.45) is 0 Å². The second-order valence-electron chi connectivity index (χ2n) is 6.37. The number of hydrogen-bond donors (Lipinski definition) is 1. The molecule has 0 bridgehead atoms. The molecule has 0 aliphatic carbocycles. The number of alkyl halides is 2. The van der Waals surface area contributed by atoms with Gasteiger partial charge in [0, 0.05) is 7.11 Å². The number of allylic oxidation sites excluding steroid dienone is 1. The lowest BCUT2D eigenvalue weighted by Crippen LogP contribution is -2.55. The molecule has 0 aromatic rings. The van der Waals surface area contributed by atoms with Gasteiger partial charge in [0.2, 0.25) is 6.04 Å². The van der Waals surface area contributed by atoms with Crippen LogP contribution in [-0.4, -0.2) is 63.9 Å². The molecule has 10 heteroatoms. The normalized spacial score (nSPS) is 13.7. The van der Waals surface area contributed by atoms with Crippen molar-refractivity contribution in [1.29, 1.82) is 0 Å². The highest BCUT2D eigenvalue weighted by Crippen LogP contribution is 2.30. The van der Waals surface area contributed by atoms with Crippen LogP contribution in [0.15, 0.2) is 11.8 Å². The van der Waals surface area contributed by atoms with Gasteiger partial charge in [-0.3, -0.25) is 0 Å². The minimum Gasteiger partial charge on any atom is -0.467 e. The van der Waals surface area contributed by atoms with Gasteiger partial charge in [0.05, 0.1) is 20.3 Å². The molecule has 0 aromatic carbocycles. The van der Waals surface area contributed by atoms with Gasteiger partial charge in [-0.1, -0.05) is 6.92 Å². The van der Waals surface area contributed by atoms with E-state index in [-0.39, 0.29) is 19.6 Å². The Bertz CT molecular complexity index is 504. The van der Waals surface area contributed by atoms with E-state index in [1.807, 2.05) is 5.32 Å². The van der Waals surface area contributed by atoms with Crippen LogP contribution >= 0.6 is 0 Å². The van der Waals surface area contributed by atoms with Crippen molar-refractivity contribution >= 4 is 12.1 Å². The molecule has 8 nitrogen and oxygen atoms in total. The van der Waals surface area contributed by atoms with E-state index in [4.69, 9.17) is 18.9 Å². The molecule has 0 rings (SSSR count). The van der Waals surface area contributed by atoms with Gasteiger partial charge in [0.1, 0.15) is 5.60 Å². The van der Waals surface area contributed by atoms with Gasteiger partial charge < -0.3 is 29.0 Å². The highest BCUT2D eigenvalue weighted by atomic mass is 19.3. The van der Waals surface area contributed by atoms with E-state index >= 15 is 0 Å². The standard InChI is InChI=1S/C17H29F2NO7/c1-7-8-12(26-11-25-10-9-23-5)17(18,19)13(14(21)24-6)20-15(22)27-16(2,3)4/h8,13H,7,9-11H2,1-6H3,(H,20,22)/b12-8-. The Labute approximate surface area is 158 Å². The molecule has 27 heavy (non-hydrogen) atoms. The van der Waals surface area contributed by atoms with Crippen molar-refractivity contribution in [1.82, 2.24) is 5.32 Å². The third-order valence-corrected chi connectivity index (χ3v) is 2.91. The van der Waals surface area contributed by atoms with Crippen LogP contribution in [0.3, 0.4) is 0 Å². The Kier molecular flexibility index (Phi) is 10.9. The second-order valence-corrected chi connectivity index (χ2v) is 6.37. The van der Waals surface area contributed by atoms with Gasteiger partial charge in [-0.15, -0.1) is 0 Å². The smallest absolute Gasteiger partial charge is 0.408 e. The molecular weight excluding hydrogens is 368 g/mol. The maximum atomic E-state index is 14.9. The number of hydrogen-bond acceptors (Lipinski definition) is 7. The summed E-state index contributed by atoms with van der Waals surface area (Å²) in [4.78, 5) is 23.8. The van der Waals surface area contributed by atoms with Gasteiger partial charge in [0.25, 0.3) is 0 Å². The summed E-state index contributed by atoms with van der Waals surface area (Å²) in [5.41, 5.74) is -0.937. The molecule has 0 aliphatic heterocycles. The quantitative estimate of drug-likeness (QED) is 0.248. The highest BCUT2D eigenvalue weighted by Gasteiger charge is 2.51. The Morgan fingerprint density at radius 3 is 2.26 bits per heavy atom. The van der Waals surface area contributed by atoms with E-state index in [1.54, 1.807) is 27.7 Å². The predicted octanol–water partition coefficient (Wildman–Crippen LogP) is 2.62. The summed E-state index contributed by atoms with van der Waals surface area (Å²) in [6.45, 7) is 6.20. The van der Waals surface area contributed by atoms with Crippen molar-refractivity contribution < 1.29 is 42.1 Å². The molecule has 1 unspecified atom stereocenters. The van der Waals surface area contributed by atoms with Gasteiger partial charge in [-0.05, 0) is 33.3 Å². The van der Waals surface area contributed by atoms with Crippen LogP contribution in [0.1, 0.15) is 34.1 Å². The second kappa shape index (κ2) is 11.7. The molecule has 0 saturated carbocycles. The van der Waals surface area contributed by atoms with Crippen LogP contribution in [-0.2, 0) is 28.5 Å². The minimum atomic E-state index is -3.90. The molecule has 0 fully saturated rings. The van der Waals surface area contributed by atoms with Crippen molar-refractivity contribution in [3.8, 4) is 0 Å². The molecule has 1 N–H and O–H groups in total. The highest BCUT2D eigenvalue weighted by molar-refractivity contribution is 5.83. The average molecular weight is 397 g/mol. The van der Waals surface area contributed by atoms with Crippen molar-refractivity contribution in [3.05, 3.63) is 11.8 Å². The number of nitrogens with one attached hydrogen (secondary N) is 1. The van der Waals surface area contributed by atoms with E-state index in [0.717, 1.165) is 13.2 Å². The van der Waals surface area contributed by atoms with E-state index in [1.165, 1.54) is 7.11 Å². The maximum absolute atomic E-state index is 14.9. The number of rotatable bonds is 11. The van der Waals surface area contributed by atoms with Crippen molar-refractivity contribution in [3.63, 3.8) is 0 Å². The number of halogens is 2. The zero-order valence-corrected chi connectivity index (χ0v) is 16.6. The fourth-order valence-electron chi connectivity index (χ4n) is 1.77. The lowest BCUT2D eigenvalue weighted by atomic mass is 10.1. The number of methoxy groups -OCH3 is 2. The maximum Gasteiger partial charge on any atom is 0.408 e. The molecular formula is C17H29F2NO7. The lowest BCUT2D eigenvalue weighted by Gasteiger charge is -2.28. The summed E-state index contributed by atoms with van der Waals surface area (Å²) in [6, 6.07) is -2.34. The summed E-state index contributed by atoms with van der Waals surface area (Å²) in [5, 5.41) is 1.85. The van der Waals surface area contributed by atoms with E-state index in [0.29, 0.717) is 0 Å². The molecule has 1 amide bonds. The fraction of sp³-hybridized carbons (Fsp3) is 0.765. The molecule has 0 aliphatic rings. The summed E-state index contributed by atoms with van der Waals surface area (Å²) < 4.78 is 53.9. The van der Waals surface area contributed by atoms with Crippen LogP contribution in [0, 0.1) is 0 Å². The number of carbonyl (C=O) groups is 2. The van der Waals surface area contributed by atoms with E-state index < -0.39 is 42.2 Å². The summed E-state index contributed by atoms with van der Waals surface area (Å²) in [5.74, 6) is -6.07. The van der Waals surface area contributed by atoms with E-state index in [9.17, 15) is 18.4 Å². The Morgan fingerprint density at radius 1 is 1.15 bits per heavy atom. The van der Waals surface area contributed by atoms with Gasteiger partial charge in [-0.25, -0.2) is 9.59 Å². The molecule has 158 valence electrons. The Hall–Kier alpha value is -1.94. The number of alkyl carbamates (subject to hydrolysis) is 1. The zero-order valence-electron chi connectivity index (χ0n) is 16.6. The van der Waals surface area contributed by atoms with E-state index in [2.05, 4.69) is 4.74 Å². The first-order valence-electron chi connectivity index (χ1n) is 8.34. The van der Waals surface area contributed by atoms with Gasteiger partial charge in [0.15, 0.2) is 12.6 Å². The SMILES string of the molecule is CC/C=C(\OCOCCOC)C(F)(F)C(NC(=O)OC(C)(C)C)C(=O)OC. The number of carbonyl (C=O) groups excluding carboxylic acids is 2. The van der Waals surface area contributed by atoms with Gasteiger partial charge >= 0.3 is 18.0 Å². The van der Waals surface area contributed by atoms with Crippen molar-refractivity contribution in [2.45, 2.75) is 51.7 Å². The average Bonchev–Trinajstić information content (AvgIpc) is 2.56. The number of ether oxygens (including phenoxy) is 5. The molecule has 0 spiro atoms.